The van der Waals surface area contributed by atoms with Gasteiger partial charge in [0.2, 0.25) is 5.91 Å². The molecule has 0 aliphatic heterocycles. The minimum absolute atomic E-state index is 0.140. The molecule has 1 aromatic heterocycles. The maximum Gasteiger partial charge on any atom is 0.341 e. The molecule has 28 heavy (non-hydrogen) atoms. The molecular weight excluding hydrogens is 374 g/mol. The van der Waals surface area contributed by atoms with E-state index in [1.165, 1.54) is 11.3 Å². The van der Waals surface area contributed by atoms with Crippen LogP contribution in [0.3, 0.4) is 0 Å². The van der Waals surface area contributed by atoms with Gasteiger partial charge in [-0.15, -0.1) is 11.3 Å². The molecule has 2 rings (SSSR count). The Hall–Kier alpha value is -2.69. The molecule has 2 aromatic rings. The number of anilines is 1. The lowest BCUT2D eigenvalue weighted by Crippen LogP contribution is -2.31. The SMILES string of the molecule is CCOC(=O)c1c(-c2ccc(C)cc2C)csc1NC(=O)CN(C)CCC#N. The van der Waals surface area contributed by atoms with Gasteiger partial charge in [-0.3, -0.25) is 9.69 Å². The standard InChI is InChI=1S/C21H25N3O3S/c1-5-27-21(26)19-17(16-8-7-14(2)11-15(16)3)13-28-20(19)23-18(25)12-24(4)10-6-9-22/h7-8,11,13H,5-6,10,12H2,1-4H3,(H,23,25). The topological polar surface area (TPSA) is 82.4 Å². The highest BCUT2D eigenvalue weighted by Crippen LogP contribution is 2.37. The van der Waals surface area contributed by atoms with E-state index in [9.17, 15) is 9.59 Å². The number of carbonyl (C=O) groups is 2. The third kappa shape index (κ3) is 5.41. The molecule has 0 radical (unpaired) electrons. The number of hydrogen-bond acceptors (Lipinski definition) is 6. The molecule has 0 aliphatic rings. The number of hydrogen-bond donors (Lipinski definition) is 1. The van der Waals surface area contributed by atoms with Gasteiger partial charge in [0, 0.05) is 23.9 Å². The van der Waals surface area contributed by atoms with Crippen molar-refractivity contribution in [1.82, 2.24) is 4.90 Å². The van der Waals surface area contributed by atoms with Gasteiger partial charge in [0.1, 0.15) is 10.6 Å². The second-order valence-corrected chi connectivity index (χ2v) is 7.47. The number of nitriles is 1. The lowest BCUT2D eigenvalue weighted by atomic mass is 9.97. The number of carbonyl (C=O) groups excluding carboxylic acids is 2. The fourth-order valence-electron chi connectivity index (χ4n) is 2.90. The summed E-state index contributed by atoms with van der Waals surface area (Å²) in [7, 11) is 1.78. The molecule has 1 amide bonds. The summed E-state index contributed by atoms with van der Waals surface area (Å²) in [4.78, 5) is 26.8. The van der Waals surface area contributed by atoms with E-state index in [0.29, 0.717) is 23.5 Å². The molecule has 0 atom stereocenters. The van der Waals surface area contributed by atoms with E-state index in [0.717, 1.165) is 22.3 Å². The molecule has 0 unspecified atom stereocenters. The Bertz CT molecular complexity index is 899. The van der Waals surface area contributed by atoms with Crippen LogP contribution < -0.4 is 5.32 Å². The van der Waals surface area contributed by atoms with Gasteiger partial charge in [0.05, 0.1) is 19.2 Å². The van der Waals surface area contributed by atoms with E-state index >= 15 is 0 Å². The number of amides is 1. The Morgan fingerprint density at radius 2 is 2.04 bits per heavy atom. The van der Waals surface area contributed by atoms with E-state index < -0.39 is 5.97 Å². The van der Waals surface area contributed by atoms with Crippen LogP contribution in [0, 0.1) is 25.2 Å². The molecule has 0 aliphatic carbocycles. The average Bonchev–Trinajstić information content (AvgIpc) is 3.03. The van der Waals surface area contributed by atoms with Gasteiger partial charge in [-0.2, -0.15) is 5.26 Å². The maximum absolute atomic E-state index is 12.6. The van der Waals surface area contributed by atoms with E-state index in [-0.39, 0.29) is 19.1 Å². The Morgan fingerprint density at radius 1 is 1.29 bits per heavy atom. The van der Waals surface area contributed by atoms with Crippen LogP contribution in [-0.4, -0.2) is 43.5 Å². The van der Waals surface area contributed by atoms with Crippen LogP contribution >= 0.6 is 11.3 Å². The number of aryl methyl sites for hydroxylation is 2. The summed E-state index contributed by atoms with van der Waals surface area (Å²) >= 11 is 1.31. The van der Waals surface area contributed by atoms with Crippen LogP contribution in [0.25, 0.3) is 11.1 Å². The van der Waals surface area contributed by atoms with Crippen molar-refractivity contribution in [2.45, 2.75) is 27.2 Å². The Morgan fingerprint density at radius 3 is 2.68 bits per heavy atom. The Labute approximate surface area is 169 Å². The summed E-state index contributed by atoms with van der Waals surface area (Å²) in [6, 6.07) is 8.10. The zero-order valence-electron chi connectivity index (χ0n) is 16.7. The van der Waals surface area contributed by atoms with E-state index in [1.807, 2.05) is 31.4 Å². The van der Waals surface area contributed by atoms with Crippen LogP contribution in [0.1, 0.15) is 34.8 Å². The molecule has 148 valence electrons. The highest BCUT2D eigenvalue weighted by molar-refractivity contribution is 7.15. The number of nitrogens with one attached hydrogen (secondary N) is 1. The third-order valence-corrected chi connectivity index (χ3v) is 5.11. The van der Waals surface area contributed by atoms with E-state index in [2.05, 4.69) is 17.5 Å². The predicted molar refractivity (Wildman–Crippen MR) is 112 cm³/mol. The fourth-order valence-corrected chi connectivity index (χ4v) is 3.87. The Kier molecular flexibility index (Phi) is 7.73. The van der Waals surface area contributed by atoms with Crippen LogP contribution in [0.2, 0.25) is 0 Å². The summed E-state index contributed by atoms with van der Waals surface area (Å²) in [5, 5.41) is 13.8. The molecule has 1 aromatic carbocycles. The molecule has 7 heteroatoms. The van der Waals surface area contributed by atoms with Gasteiger partial charge < -0.3 is 10.1 Å². The molecule has 0 fully saturated rings. The number of benzene rings is 1. The highest BCUT2D eigenvalue weighted by Gasteiger charge is 2.23. The van der Waals surface area contributed by atoms with Gasteiger partial charge in [0.25, 0.3) is 0 Å². The maximum atomic E-state index is 12.6. The fraction of sp³-hybridized carbons (Fsp3) is 0.381. The van der Waals surface area contributed by atoms with Gasteiger partial charge in [-0.1, -0.05) is 23.8 Å². The summed E-state index contributed by atoms with van der Waals surface area (Å²) in [5.41, 5.74) is 4.28. The van der Waals surface area contributed by atoms with Crippen molar-refractivity contribution in [3.8, 4) is 17.2 Å². The minimum atomic E-state index is -0.452. The van der Waals surface area contributed by atoms with Crippen LogP contribution in [0.5, 0.6) is 0 Å². The van der Waals surface area contributed by atoms with Crippen molar-refractivity contribution in [1.29, 1.82) is 5.26 Å². The second-order valence-electron chi connectivity index (χ2n) is 6.59. The monoisotopic (exact) mass is 399 g/mol. The quantitative estimate of drug-likeness (QED) is 0.679. The molecule has 0 spiro atoms. The number of thiophene rings is 1. The third-order valence-electron chi connectivity index (χ3n) is 4.21. The van der Waals surface area contributed by atoms with Crippen LogP contribution in [0.15, 0.2) is 23.6 Å². The normalized spacial score (nSPS) is 10.6. The number of nitrogens with zero attached hydrogens (tertiary/aromatic N) is 2. The number of ether oxygens (including phenoxy) is 1. The van der Waals surface area contributed by atoms with Crippen molar-refractivity contribution in [2.75, 3.05) is 32.1 Å². The second kappa shape index (κ2) is 10.0. The molecule has 0 saturated carbocycles. The summed E-state index contributed by atoms with van der Waals surface area (Å²) in [6.07, 6.45) is 0.355. The number of esters is 1. The number of likely N-dealkylation sites (N-methyl/N-ethyl adjacent to an activating group) is 1. The summed E-state index contributed by atoms with van der Waals surface area (Å²) in [5.74, 6) is -0.688. The van der Waals surface area contributed by atoms with Gasteiger partial charge >= 0.3 is 5.97 Å². The first-order valence-corrected chi connectivity index (χ1v) is 9.96. The van der Waals surface area contributed by atoms with Crippen molar-refractivity contribution < 1.29 is 14.3 Å². The lowest BCUT2D eigenvalue weighted by Gasteiger charge is -2.15. The van der Waals surface area contributed by atoms with Crippen molar-refractivity contribution >= 4 is 28.2 Å². The molecule has 6 nitrogen and oxygen atoms in total. The van der Waals surface area contributed by atoms with Crippen molar-refractivity contribution in [3.05, 3.63) is 40.3 Å². The van der Waals surface area contributed by atoms with E-state index in [4.69, 9.17) is 10.00 Å². The van der Waals surface area contributed by atoms with Crippen molar-refractivity contribution in [2.24, 2.45) is 0 Å². The van der Waals surface area contributed by atoms with Gasteiger partial charge in [-0.25, -0.2) is 4.79 Å². The van der Waals surface area contributed by atoms with Crippen molar-refractivity contribution in [3.63, 3.8) is 0 Å². The molecule has 1 N–H and O–H groups in total. The summed E-state index contributed by atoms with van der Waals surface area (Å²) < 4.78 is 5.24. The molecule has 0 bridgehead atoms. The summed E-state index contributed by atoms with van der Waals surface area (Å²) in [6.45, 7) is 6.67. The zero-order valence-corrected chi connectivity index (χ0v) is 17.5. The lowest BCUT2D eigenvalue weighted by molar-refractivity contribution is -0.117. The van der Waals surface area contributed by atoms with E-state index in [1.54, 1.807) is 18.9 Å². The first kappa shape index (κ1) is 21.6. The highest BCUT2D eigenvalue weighted by atomic mass is 32.1. The molecule has 1 heterocycles. The Balaban J connectivity index is 2.32. The minimum Gasteiger partial charge on any atom is -0.462 e. The smallest absolute Gasteiger partial charge is 0.341 e. The molecular formula is C21H25N3O3S. The average molecular weight is 400 g/mol. The van der Waals surface area contributed by atoms with Crippen LogP contribution in [-0.2, 0) is 9.53 Å². The van der Waals surface area contributed by atoms with Crippen LogP contribution in [0.4, 0.5) is 5.00 Å². The molecule has 0 saturated heterocycles. The first-order valence-electron chi connectivity index (χ1n) is 9.09. The largest absolute Gasteiger partial charge is 0.462 e. The van der Waals surface area contributed by atoms with Gasteiger partial charge in [0.15, 0.2) is 0 Å². The first-order chi connectivity index (χ1) is 13.4. The zero-order chi connectivity index (χ0) is 20.7. The van der Waals surface area contributed by atoms with Gasteiger partial charge in [-0.05, 0) is 38.9 Å². The number of rotatable bonds is 8. The predicted octanol–water partition coefficient (Wildman–Crippen LogP) is 3.99.